The van der Waals surface area contributed by atoms with Crippen LogP contribution in [0, 0.1) is 5.21 Å². The Bertz CT molecular complexity index is 116. The highest BCUT2D eigenvalue weighted by Crippen LogP contribution is 1.78. The number of hydrogen-bond donors (Lipinski definition) is 3. The van der Waals surface area contributed by atoms with Crippen LogP contribution in [0.25, 0.3) is 0 Å². The zero-order chi connectivity index (χ0) is 8.69. The van der Waals surface area contributed by atoms with Crippen molar-refractivity contribution in [3.8, 4) is 0 Å². The fourth-order valence-corrected chi connectivity index (χ4v) is 0.545. The average molecular weight is 162 g/mol. The van der Waals surface area contributed by atoms with Crippen molar-refractivity contribution in [2.45, 2.75) is 19.4 Å². The molecule has 0 aromatic heterocycles. The molecule has 4 N–H and O–H groups in total. The van der Waals surface area contributed by atoms with Crippen molar-refractivity contribution in [2.24, 2.45) is 0 Å². The molecule has 0 bridgehead atoms. The first-order valence-corrected chi connectivity index (χ1v) is 3.58. The third-order valence-corrected chi connectivity index (χ3v) is 1.18. The number of rotatable bonds is 5. The maximum absolute atomic E-state index is 10.7. The molecule has 0 aromatic carbocycles. The molecule has 5 heteroatoms. The number of hydrogen-bond acceptors (Lipinski definition) is 3. The highest BCUT2D eigenvalue weighted by Gasteiger charge is 2.05. The summed E-state index contributed by atoms with van der Waals surface area (Å²) in [5.41, 5.74) is 0.800. The van der Waals surface area contributed by atoms with Crippen molar-refractivity contribution in [1.82, 2.24) is 5.32 Å². The topological polar surface area (TPSA) is 89.0 Å². The molecule has 0 aliphatic heterocycles. The SMILES string of the molecule is CC(O)C(=O)NCCC[NH2+][O-]. The van der Waals surface area contributed by atoms with Gasteiger partial charge in [-0.1, -0.05) is 0 Å². The first-order chi connectivity index (χ1) is 5.18. The third kappa shape index (κ3) is 5.78. The smallest absolute Gasteiger partial charge is 0.248 e. The third-order valence-electron chi connectivity index (χ3n) is 1.18. The van der Waals surface area contributed by atoms with E-state index in [4.69, 9.17) is 5.11 Å². The second-order valence-electron chi connectivity index (χ2n) is 2.28. The van der Waals surface area contributed by atoms with E-state index in [1.807, 2.05) is 0 Å². The minimum atomic E-state index is -0.966. The molecule has 0 aliphatic rings. The van der Waals surface area contributed by atoms with Crippen LogP contribution in [-0.4, -0.2) is 30.2 Å². The van der Waals surface area contributed by atoms with Gasteiger partial charge >= 0.3 is 0 Å². The van der Waals surface area contributed by atoms with Crippen molar-refractivity contribution in [3.63, 3.8) is 0 Å². The summed E-state index contributed by atoms with van der Waals surface area (Å²) in [5.74, 6) is -0.393. The van der Waals surface area contributed by atoms with Gasteiger partial charge in [-0.2, -0.15) is 0 Å². The lowest BCUT2D eigenvalue weighted by Crippen LogP contribution is -2.77. The van der Waals surface area contributed by atoms with Crippen molar-refractivity contribution in [2.75, 3.05) is 13.1 Å². The van der Waals surface area contributed by atoms with Crippen LogP contribution in [0.5, 0.6) is 0 Å². The van der Waals surface area contributed by atoms with Crippen LogP contribution >= 0.6 is 0 Å². The first kappa shape index (κ1) is 10.3. The van der Waals surface area contributed by atoms with E-state index in [1.54, 1.807) is 0 Å². The fourth-order valence-electron chi connectivity index (χ4n) is 0.545. The molecule has 0 rings (SSSR count). The van der Waals surface area contributed by atoms with Gasteiger partial charge in [-0.05, 0) is 6.92 Å². The molecule has 0 saturated carbocycles. The van der Waals surface area contributed by atoms with Crippen LogP contribution < -0.4 is 10.8 Å². The van der Waals surface area contributed by atoms with E-state index >= 15 is 0 Å². The quantitative estimate of drug-likeness (QED) is 0.320. The van der Waals surface area contributed by atoms with Crippen molar-refractivity contribution >= 4 is 5.91 Å². The highest BCUT2D eigenvalue weighted by atomic mass is 16.5. The summed E-state index contributed by atoms with van der Waals surface area (Å²) in [6.07, 6.45) is -0.340. The average Bonchev–Trinajstić information content (AvgIpc) is 1.97. The largest absolute Gasteiger partial charge is 0.636 e. The molecule has 0 aliphatic carbocycles. The summed E-state index contributed by atoms with van der Waals surface area (Å²) in [6, 6.07) is 0. The van der Waals surface area contributed by atoms with Crippen LogP contribution in [0.15, 0.2) is 0 Å². The predicted molar refractivity (Wildman–Crippen MR) is 39.5 cm³/mol. The van der Waals surface area contributed by atoms with Crippen LogP contribution in [0.1, 0.15) is 13.3 Å². The number of hydroxylamine groups is 1. The molecule has 66 valence electrons. The van der Waals surface area contributed by atoms with E-state index in [9.17, 15) is 10.0 Å². The lowest BCUT2D eigenvalue weighted by Gasteiger charge is -2.06. The highest BCUT2D eigenvalue weighted by molar-refractivity contribution is 5.79. The van der Waals surface area contributed by atoms with E-state index in [2.05, 4.69) is 5.32 Å². The van der Waals surface area contributed by atoms with Gasteiger partial charge in [-0.25, -0.2) is 0 Å². The lowest BCUT2D eigenvalue weighted by atomic mass is 10.3. The number of amides is 1. The van der Waals surface area contributed by atoms with Crippen LogP contribution in [-0.2, 0) is 4.79 Å². The van der Waals surface area contributed by atoms with Gasteiger partial charge < -0.3 is 21.1 Å². The van der Waals surface area contributed by atoms with Crippen LogP contribution in [0.4, 0.5) is 0 Å². The van der Waals surface area contributed by atoms with E-state index in [0.717, 1.165) is 5.48 Å². The molecule has 11 heavy (non-hydrogen) atoms. The molecular weight excluding hydrogens is 148 g/mol. The Morgan fingerprint density at radius 1 is 1.82 bits per heavy atom. The van der Waals surface area contributed by atoms with Gasteiger partial charge in [-0.15, -0.1) is 0 Å². The second kappa shape index (κ2) is 6.09. The van der Waals surface area contributed by atoms with E-state index < -0.39 is 12.0 Å². The second-order valence-corrected chi connectivity index (χ2v) is 2.28. The number of nitrogens with two attached hydrogens (primary N) is 1. The van der Waals surface area contributed by atoms with Gasteiger partial charge in [0.05, 0.1) is 6.54 Å². The standard InChI is InChI=1S/C6H14N2O3/c1-5(9)6(10)7-3-2-4-8-11/h5,9H,2-4,8H2,1H3,(H,7,10). The monoisotopic (exact) mass is 162 g/mol. The molecule has 1 amide bonds. The summed E-state index contributed by atoms with van der Waals surface area (Å²) in [6.45, 7) is 2.29. The Labute approximate surface area is 65.4 Å². The summed E-state index contributed by atoms with van der Waals surface area (Å²) in [4.78, 5) is 10.7. The predicted octanol–water partition coefficient (Wildman–Crippen LogP) is -2.07. The Balaban J connectivity index is 3.18. The van der Waals surface area contributed by atoms with E-state index in [-0.39, 0.29) is 0 Å². The Morgan fingerprint density at radius 2 is 2.45 bits per heavy atom. The molecule has 5 nitrogen and oxygen atoms in total. The molecule has 0 radical (unpaired) electrons. The Kier molecular flexibility index (Phi) is 5.73. The minimum Gasteiger partial charge on any atom is -0.636 e. The van der Waals surface area contributed by atoms with Gasteiger partial charge in [0, 0.05) is 13.0 Å². The number of quaternary nitrogens is 1. The summed E-state index contributed by atoms with van der Waals surface area (Å²) in [7, 11) is 0. The van der Waals surface area contributed by atoms with Crippen molar-refractivity contribution in [1.29, 1.82) is 0 Å². The van der Waals surface area contributed by atoms with Gasteiger partial charge in [0.25, 0.3) is 0 Å². The van der Waals surface area contributed by atoms with Gasteiger partial charge in [0.2, 0.25) is 5.91 Å². The zero-order valence-electron chi connectivity index (χ0n) is 6.54. The van der Waals surface area contributed by atoms with Crippen molar-refractivity contribution < 1.29 is 15.4 Å². The van der Waals surface area contributed by atoms with E-state index in [0.29, 0.717) is 19.5 Å². The first-order valence-electron chi connectivity index (χ1n) is 3.58. The molecule has 0 saturated heterocycles. The maximum atomic E-state index is 10.7. The molecule has 0 aromatic rings. The van der Waals surface area contributed by atoms with Gasteiger partial charge in [-0.3, -0.25) is 4.79 Å². The lowest BCUT2D eigenvalue weighted by molar-refractivity contribution is -0.588. The fraction of sp³-hybridized carbons (Fsp3) is 0.833. The summed E-state index contributed by atoms with van der Waals surface area (Å²) in [5, 5.41) is 21.0. The molecule has 1 atom stereocenters. The normalized spacial score (nSPS) is 12.6. The van der Waals surface area contributed by atoms with Crippen molar-refractivity contribution in [3.05, 3.63) is 5.21 Å². The Hall–Kier alpha value is -0.650. The Morgan fingerprint density at radius 3 is 2.91 bits per heavy atom. The van der Waals surface area contributed by atoms with E-state index in [1.165, 1.54) is 6.92 Å². The maximum Gasteiger partial charge on any atom is 0.248 e. The molecule has 1 unspecified atom stereocenters. The van der Waals surface area contributed by atoms with Gasteiger partial charge in [0.15, 0.2) is 0 Å². The van der Waals surface area contributed by atoms with Crippen LogP contribution in [0.2, 0.25) is 0 Å². The number of nitrogens with one attached hydrogen (secondary N) is 1. The number of carbonyl (C=O) groups excluding carboxylic acids is 1. The minimum absolute atomic E-state index is 0.393. The number of aliphatic hydroxyl groups is 1. The molecular formula is C6H14N2O3. The molecule has 0 spiro atoms. The molecule has 0 fully saturated rings. The van der Waals surface area contributed by atoms with Gasteiger partial charge in [0.1, 0.15) is 6.10 Å². The summed E-state index contributed by atoms with van der Waals surface area (Å²) < 4.78 is 0. The zero-order valence-corrected chi connectivity index (χ0v) is 6.54. The molecule has 0 heterocycles. The van der Waals surface area contributed by atoms with Crippen LogP contribution in [0.3, 0.4) is 0 Å². The number of carbonyl (C=O) groups is 1. The summed E-state index contributed by atoms with van der Waals surface area (Å²) >= 11 is 0. The number of aliphatic hydroxyl groups excluding tert-OH is 1.